The van der Waals surface area contributed by atoms with Crippen LogP contribution in [0.2, 0.25) is 0 Å². The highest BCUT2D eigenvalue weighted by Gasteiger charge is 2.10. The van der Waals surface area contributed by atoms with E-state index in [-0.39, 0.29) is 11.7 Å². The lowest BCUT2D eigenvalue weighted by atomic mass is 10.1. The van der Waals surface area contributed by atoms with E-state index < -0.39 is 0 Å². The fourth-order valence-electron chi connectivity index (χ4n) is 1.78. The van der Waals surface area contributed by atoms with E-state index in [0.29, 0.717) is 17.7 Å². The number of hydrogen-bond donors (Lipinski definition) is 2. The molecule has 0 aliphatic heterocycles. The van der Waals surface area contributed by atoms with Gasteiger partial charge in [-0.25, -0.2) is 0 Å². The minimum atomic E-state index is -0.157. The Morgan fingerprint density at radius 3 is 2.72 bits per heavy atom. The molecule has 2 N–H and O–H groups in total. The predicted octanol–water partition coefficient (Wildman–Crippen LogP) is 1.93. The number of hydrogen-bond acceptors (Lipinski definition) is 2. The number of nitrogens with one attached hydrogen (secondary N) is 1. The van der Waals surface area contributed by atoms with Crippen LogP contribution < -0.4 is 5.32 Å². The molecule has 0 atom stereocenters. The number of aromatic nitrogens is 1. The van der Waals surface area contributed by atoms with Crippen molar-refractivity contribution in [2.45, 2.75) is 13.5 Å². The van der Waals surface area contributed by atoms with Crippen LogP contribution in [-0.4, -0.2) is 22.1 Å². The van der Waals surface area contributed by atoms with Gasteiger partial charge >= 0.3 is 0 Å². The Hall–Kier alpha value is -2.23. The van der Waals surface area contributed by atoms with Crippen LogP contribution in [0.5, 0.6) is 5.75 Å². The van der Waals surface area contributed by atoms with E-state index in [0.717, 1.165) is 6.54 Å². The molecule has 0 unspecified atom stereocenters. The monoisotopic (exact) mass is 244 g/mol. The molecule has 2 rings (SSSR count). The van der Waals surface area contributed by atoms with E-state index >= 15 is 0 Å². The third-order valence-corrected chi connectivity index (χ3v) is 2.87. The van der Waals surface area contributed by atoms with Gasteiger partial charge in [0.2, 0.25) is 0 Å². The topological polar surface area (TPSA) is 54.3 Å². The summed E-state index contributed by atoms with van der Waals surface area (Å²) < 4.78 is 2.00. The summed E-state index contributed by atoms with van der Waals surface area (Å²) in [5.74, 6) is -0.0105. The van der Waals surface area contributed by atoms with Crippen molar-refractivity contribution in [2.75, 3.05) is 6.54 Å². The summed E-state index contributed by atoms with van der Waals surface area (Å²) >= 11 is 0. The van der Waals surface area contributed by atoms with E-state index in [1.165, 1.54) is 0 Å². The first-order valence-electron chi connectivity index (χ1n) is 5.86. The Balaban J connectivity index is 1.93. The molecule has 0 aliphatic carbocycles. The summed E-state index contributed by atoms with van der Waals surface area (Å²) in [7, 11) is 0. The molecule has 1 aromatic carbocycles. The molecule has 0 saturated carbocycles. The molecule has 0 saturated heterocycles. The van der Waals surface area contributed by atoms with Gasteiger partial charge in [0, 0.05) is 36.6 Å². The maximum absolute atomic E-state index is 11.9. The van der Waals surface area contributed by atoms with E-state index in [9.17, 15) is 9.90 Å². The van der Waals surface area contributed by atoms with E-state index in [4.69, 9.17) is 0 Å². The maximum atomic E-state index is 11.9. The van der Waals surface area contributed by atoms with Gasteiger partial charge < -0.3 is 15.0 Å². The number of nitrogens with zero attached hydrogens (tertiary/aromatic N) is 1. The van der Waals surface area contributed by atoms with Gasteiger partial charge in [0.25, 0.3) is 5.91 Å². The third-order valence-electron chi connectivity index (χ3n) is 2.87. The van der Waals surface area contributed by atoms with Crippen molar-refractivity contribution >= 4 is 5.91 Å². The van der Waals surface area contributed by atoms with Crippen molar-refractivity contribution in [3.8, 4) is 5.75 Å². The SMILES string of the molecule is Cc1c(O)cccc1C(=O)NCCn1cccc1. The molecular weight excluding hydrogens is 228 g/mol. The number of amides is 1. The molecule has 18 heavy (non-hydrogen) atoms. The fraction of sp³-hybridized carbons (Fsp3) is 0.214. The number of phenolic OH excluding ortho intramolecular Hbond substituents is 1. The second-order valence-electron chi connectivity index (χ2n) is 4.13. The standard InChI is InChI=1S/C14H16N2O2/c1-11-12(5-4-6-13(11)17)14(18)15-7-10-16-8-2-3-9-16/h2-6,8-9,17H,7,10H2,1H3,(H,15,18). The molecule has 1 amide bonds. The quantitative estimate of drug-likeness (QED) is 0.863. The molecular formula is C14H16N2O2. The normalized spacial score (nSPS) is 10.3. The van der Waals surface area contributed by atoms with Crippen molar-refractivity contribution in [1.29, 1.82) is 0 Å². The first-order chi connectivity index (χ1) is 8.68. The van der Waals surface area contributed by atoms with E-state index in [2.05, 4.69) is 5.32 Å². The van der Waals surface area contributed by atoms with Gasteiger partial charge in [-0.15, -0.1) is 0 Å². The summed E-state index contributed by atoms with van der Waals surface area (Å²) in [6, 6.07) is 8.84. The van der Waals surface area contributed by atoms with Gasteiger partial charge in [0.1, 0.15) is 5.75 Å². The van der Waals surface area contributed by atoms with Crippen LogP contribution in [0.15, 0.2) is 42.7 Å². The second-order valence-corrected chi connectivity index (χ2v) is 4.13. The summed E-state index contributed by atoms with van der Waals surface area (Å²) in [6.45, 7) is 3.02. The Bertz CT molecular complexity index is 533. The summed E-state index contributed by atoms with van der Waals surface area (Å²) in [4.78, 5) is 11.9. The largest absolute Gasteiger partial charge is 0.508 e. The first-order valence-corrected chi connectivity index (χ1v) is 5.86. The minimum Gasteiger partial charge on any atom is -0.508 e. The Kier molecular flexibility index (Phi) is 3.67. The lowest BCUT2D eigenvalue weighted by molar-refractivity contribution is 0.0951. The Morgan fingerprint density at radius 1 is 1.28 bits per heavy atom. The van der Waals surface area contributed by atoms with Crippen LogP contribution in [0.3, 0.4) is 0 Å². The molecule has 0 fully saturated rings. The van der Waals surface area contributed by atoms with Crippen molar-refractivity contribution in [3.05, 3.63) is 53.9 Å². The summed E-state index contributed by atoms with van der Waals surface area (Å²) in [5, 5.41) is 12.4. The number of carbonyl (C=O) groups excluding carboxylic acids is 1. The average Bonchev–Trinajstić information content (AvgIpc) is 2.85. The molecule has 0 bridgehead atoms. The lowest BCUT2D eigenvalue weighted by Crippen LogP contribution is -2.27. The van der Waals surface area contributed by atoms with Gasteiger partial charge in [-0.1, -0.05) is 6.07 Å². The Labute approximate surface area is 106 Å². The predicted molar refractivity (Wildman–Crippen MR) is 69.6 cm³/mol. The second kappa shape index (κ2) is 5.40. The zero-order valence-electron chi connectivity index (χ0n) is 10.3. The van der Waals surface area contributed by atoms with Gasteiger partial charge in [-0.2, -0.15) is 0 Å². The molecule has 4 nitrogen and oxygen atoms in total. The van der Waals surface area contributed by atoms with Gasteiger partial charge in [-0.05, 0) is 31.2 Å². The lowest BCUT2D eigenvalue weighted by Gasteiger charge is -2.09. The van der Waals surface area contributed by atoms with Crippen molar-refractivity contribution in [1.82, 2.24) is 9.88 Å². The number of phenols is 1. The van der Waals surface area contributed by atoms with Gasteiger partial charge in [0.15, 0.2) is 0 Å². The summed E-state index contributed by atoms with van der Waals surface area (Å²) in [6.07, 6.45) is 3.90. The van der Waals surface area contributed by atoms with Gasteiger partial charge in [-0.3, -0.25) is 4.79 Å². The molecule has 4 heteroatoms. The van der Waals surface area contributed by atoms with Crippen molar-refractivity contribution in [2.24, 2.45) is 0 Å². The number of aromatic hydroxyl groups is 1. The van der Waals surface area contributed by atoms with Crippen molar-refractivity contribution < 1.29 is 9.90 Å². The zero-order chi connectivity index (χ0) is 13.0. The molecule has 0 radical (unpaired) electrons. The van der Waals surface area contributed by atoms with Crippen LogP contribution >= 0.6 is 0 Å². The van der Waals surface area contributed by atoms with E-state index in [1.807, 2.05) is 29.1 Å². The molecule has 0 spiro atoms. The molecule has 1 heterocycles. The smallest absolute Gasteiger partial charge is 0.251 e. The highest BCUT2D eigenvalue weighted by atomic mass is 16.3. The molecule has 94 valence electrons. The third kappa shape index (κ3) is 2.71. The van der Waals surface area contributed by atoms with Crippen LogP contribution in [-0.2, 0) is 6.54 Å². The molecule has 1 aromatic heterocycles. The van der Waals surface area contributed by atoms with Gasteiger partial charge in [0.05, 0.1) is 0 Å². The number of rotatable bonds is 4. The van der Waals surface area contributed by atoms with Crippen LogP contribution in [0.4, 0.5) is 0 Å². The minimum absolute atomic E-state index is 0.146. The van der Waals surface area contributed by atoms with Crippen LogP contribution in [0.1, 0.15) is 15.9 Å². The summed E-state index contributed by atoms with van der Waals surface area (Å²) in [5.41, 5.74) is 1.12. The number of benzene rings is 1. The van der Waals surface area contributed by atoms with Crippen LogP contribution in [0, 0.1) is 6.92 Å². The molecule has 2 aromatic rings. The van der Waals surface area contributed by atoms with Crippen LogP contribution in [0.25, 0.3) is 0 Å². The Morgan fingerprint density at radius 2 is 2.00 bits per heavy atom. The highest BCUT2D eigenvalue weighted by molar-refractivity contribution is 5.96. The zero-order valence-corrected chi connectivity index (χ0v) is 10.3. The van der Waals surface area contributed by atoms with E-state index in [1.54, 1.807) is 25.1 Å². The van der Waals surface area contributed by atoms with Crippen molar-refractivity contribution in [3.63, 3.8) is 0 Å². The first kappa shape index (κ1) is 12.2. The highest BCUT2D eigenvalue weighted by Crippen LogP contribution is 2.19. The average molecular weight is 244 g/mol. The maximum Gasteiger partial charge on any atom is 0.251 e. The molecule has 0 aliphatic rings. The number of carbonyl (C=O) groups is 1. The fourth-order valence-corrected chi connectivity index (χ4v) is 1.78.